The fraction of sp³-hybridized carbons (Fsp3) is 0.476. The van der Waals surface area contributed by atoms with E-state index >= 15 is 0 Å². The topological polar surface area (TPSA) is 40.1 Å². The van der Waals surface area contributed by atoms with E-state index in [0.29, 0.717) is 6.04 Å². The van der Waals surface area contributed by atoms with E-state index in [1.54, 1.807) is 24.5 Å². The molecule has 2 aliphatic rings. The molecule has 3 heterocycles. The SMILES string of the molecule is CCc1cc2c(s1)Nc1cc(F)ccc1N=C2N1CCN(C)C(CCOC)C1.Cl.Cl. The van der Waals surface area contributed by atoms with Crippen LogP contribution >= 0.6 is 36.2 Å². The van der Waals surface area contributed by atoms with Crippen molar-refractivity contribution in [3.63, 3.8) is 0 Å². The van der Waals surface area contributed by atoms with Crippen LogP contribution in [0.1, 0.15) is 23.8 Å². The molecule has 0 saturated carbocycles. The van der Waals surface area contributed by atoms with Crippen molar-refractivity contribution < 1.29 is 9.13 Å². The quantitative estimate of drug-likeness (QED) is 0.670. The van der Waals surface area contributed by atoms with Gasteiger partial charge in [0.1, 0.15) is 16.7 Å². The number of halogens is 3. The number of thiophene rings is 1. The molecule has 30 heavy (non-hydrogen) atoms. The molecule has 1 aromatic heterocycles. The van der Waals surface area contributed by atoms with Crippen LogP contribution in [-0.4, -0.2) is 62.1 Å². The monoisotopic (exact) mass is 474 g/mol. The molecule has 5 nitrogen and oxygen atoms in total. The van der Waals surface area contributed by atoms with Crippen molar-refractivity contribution in [3.8, 4) is 0 Å². The summed E-state index contributed by atoms with van der Waals surface area (Å²) in [4.78, 5) is 11.1. The van der Waals surface area contributed by atoms with Gasteiger partial charge in [0.15, 0.2) is 0 Å². The smallest absolute Gasteiger partial charge is 0.139 e. The summed E-state index contributed by atoms with van der Waals surface area (Å²) in [5, 5.41) is 4.48. The van der Waals surface area contributed by atoms with E-state index in [1.807, 2.05) is 0 Å². The molecule has 9 heteroatoms. The van der Waals surface area contributed by atoms with Gasteiger partial charge in [-0.25, -0.2) is 9.38 Å². The van der Waals surface area contributed by atoms with Gasteiger partial charge >= 0.3 is 0 Å². The summed E-state index contributed by atoms with van der Waals surface area (Å²) in [5.41, 5.74) is 2.63. The summed E-state index contributed by atoms with van der Waals surface area (Å²) in [6.07, 6.45) is 1.97. The Morgan fingerprint density at radius 2 is 2.07 bits per heavy atom. The first-order valence-corrected chi connectivity index (χ1v) is 10.6. The van der Waals surface area contributed by atoms with Crippen LogP contribution in [0, 0.1) is 5.82 Å². The van der Waals surface area contributed by atoms with E-state index in [1.165, 1.54) is 17.0 Å². The zero-order valence-corrected chi connectivity index (χ0v) is 19.9. The molecular formula is C21H29Cl2FN4OS. The number of amidine groups is 1. The van der Waals surface area contributed by atoms with Gasteiger partial charge in [0.2, 0.25) is 0 Å². The number of anilines is 2. The van der Waals surface area contributed by atoms with Crippen molar-refractivity contribution in [2.24, 2.45) is 4.99 Å². The first-order chi connectivity index (χ1) is 13.6. The molecule has 1 aromatic carbocycles. The van der Waals surface area contributed by atoms with E-state index in [0.717, 1.165) is 66.9 Å². The molecule has 1 saturated heterocycles. The highest BCUT2D eigenvalue weighted by Gasteiger charge is 2.30. The maximum atomic E-state index is 13.8. The van der Waals surface area contributed by atoms with Crippen LogP contribution in [0.15, 0.2) is 29.3 Å². The summed E-state index contributed by atoms with van der Waals surface area (Å²) >= 11 is 1.73. The van der Waals surface area contributed by atoms with Gasteiger partial charge in [0, 0.05) is 44.3 Å². The number of piperazine rings is 1. The number of methoxy groups -OCH3 is 1. The van der Waals surface area contributed by atoms with E-state index in [9.17, 15) is 4.39 Å². The number of likely N-dealkylation sites (N-methyl/N-ethyl adjacent to an activating group) is 1. The van der Waals surface area contributed by atoms with Crippen molar-refractivity contribution in [1.29, 1.82) is 0 Å². The molecule has 0 radical (unpaired) electrons. The number of fused-ring (bicyclic) bond motifs is 2. The van der Waals surface area contributed by atoms with Crippen LogP contribution in [0.2, 0.25) is 0 Å². The van der Waals surface area contributed by atoms with E-state index in [4.69, 9.17) is 9.73 Å². The van der Waals surface area contributed by atoms with Crippen LogP contribution in [-0.2, 0) is 11.2 Å². The van der Waals surface area contributed by atoms with Crippen molar-refractivity contribution in [1.82, 2.24) is 9.80 Å². The Morgan fingerprint density at radius 3 is 2.80 bits per heavy atom. The van der Waals surface area contributed by atoms with Crippen LogP contribution in [0.25, 0.3) is 0 Å². The minimum atomic E-state index is -0.252. The second-order valence-electron chi connectivity index (χ2n) is 7.39. The van der Waals surface area contributed by atoms with Crippen LogP contribution < -0.4 is 5.32 Å². The Hall–Kier alpha value is -1.38. The van der Waals surface area contributed by atoms with Gasteiger partial charge in [-0.15, -0.1) is 36.2 Å². The molecule has 166 valence electrons. The van der Waals surface area contributed by atoms with Crippen LogP contribution in [0.4, 0.5) is 20.8 Å². The van der Waals surface area contributed by atoms with Gasteiger partial charge in [-0.1, -0.05) is 6.92 Å². The highest BCUT2D eigenvalue weighted by atomic mass is 35.5. The van der Waals surface area contributed by atoms with E-state index in [2.05, 4.69) is 35.2 Å². The Kier molecular flexibility index (Phi) is 8.94. The highest BCUT2D eigenvalue weighted by Crippen LogP contribution is 2.40. The third-order valence-corrected chi connectivity index (χ3v) is 6.73. The number of hydrogen-bond donors (Lipinski definition) is 1. The second kappa shape index (κ2) is 10.8. The molecule has 1 atom stereocenters. The molecule has 0 aliphatic carbocycles. The average Bonchev–Trinajstić information content (AvgIpc) is 3.03. The van der Waals surface area contributed by atoms with Gasteiger partial charge in [0.25, 0.3) is 0 Å². The number of nitrogens with one attached hydrogen (secondary N) is 1. The minimum Gasteiger partial charge on any atom is -0.385 e. The number of rotatable bonds is 4. The summed E-state index contributed by atoms with van der Waals surface area (Å²) in [6.45, 7) is 5.73. The maximum absolute atomic E-state index is 13.8. The summed E-state index contributed by atoms with van der Waals surface area (Å²) < 4.78 is 19.1. The molecule has 1 fully saturated rings. The predicted octanol–water partition coefficient (Wildman–Crippen LogP) is 5.08. The summed E-state index contributed by atoms with van der Waals surface area (Å²) in [7, 11) is 3.93. The van der Waals surface area contributed by atoms with Gasteiger partial charge in [-0.3, -0.25) is 4.90 Å². The fourth-order valence-corrected chi connectivity index (χ4v) is 4.83. The zero-order valence-electron chi connectivity index (χ0n) is 17.5. The van der Waals surface area contributed by atoms with E-state index < -0.39 is 0 Å². The van der Waals surface area contributed by atoms with Crippen molar-refractivity contribution in [2.45, 2.75) is 25.8 Å². The number of aryl methyl sites for hydroxylation is 1. The Balaban J connectivity index is 0.00000160. The number of aliphatic imine (C=N–C) groups is 1. The standard InChI is InChI=1S/C21H27FN4OS.2ClH/c1-4-16-12-17-20(26-9-8-25(2)15(13-26)7-10-27-3)23-18-6-5-14(22)11-19(18)24-21(17)28-16;;/h5-6,11-12,15,24H,4,7-10,13H2,1-3H3;2*1H. The minimum absolute atomic E-state index is 0. The Bertz CT molecular complexity index is 892. The van der Waals surface area contributed by atoms with Gasteiger partial charge in [0.05, 0.1) is 16.9 Å². The highest BCUT2D eigenvalue weighted by molar-refractivity contribution is 7.16. The number of benzene rings is 1. The molecule has 2 aromatic rings. The lowest BCUT2D eigenvalue weighted by Gasteiger charge is -2.40. The Labute approximate surface area is 194 Å². The molecular weight excluding hydrogens is 446 g/mol. The molecule has 1 unspecified atom stereocenters. The number of hydrogen-bond acceptors (Lipinski definition) is 6. The van der Waals surface area contributed by atoms with Crippen LogP contribution in [0.3, 0.4) is 0 Å². The van der Waals surface area contributed by atoms with E-state index in [-0.39, 0.29) is 30.6 Å². The second-order valence-corrected chi connectivity index (χ2v) is 8.53. The number of nitrogens with zero attached hydrogens (tertiary/aromatic N) is 3. The third kappa shape index (κ3) is 5.08. The van der Waals surface area contributed by atoms with Crippen molar-refractivity contribution in [2.75, 3.05) is 45.7 Å². The lowest BCUT2D eigenvalue weighted by Crippen LogP contribution is -2.53. The van der Waals surface area contributed by atoms with Gasteiger partial charge < -0.3 is 15.0 Å². The molecule has 1 N–H and O–H groups in total. The first kappa shape index (κ1) is 24.9. The lowest BCUT2D eigenvalue weighted by atomic mass is 10.1. The first-order valence-electron chi connectivity index (χ1n) is 9.81. The van der Waals surface area contributed by atoms with Gasteiger partial charge in [-0.05, 0) is 44.2 Å². The summed E-state index contributed by atoms with van der Waals surface area (Å²) in [6, 6.07) is 7.42. The third-order valence-electron chi connectivity index (χ3n) is 5.54. The molecule has 0 spiro atoms. The molecule has 0 bridgehead atoms. The largest absolute Gasteiger partial charge is 0.385 e. The summed E-state index contributed by atoms with van der Waals surface area (Å²) in [5.74, 6) is 0.734. The maximum Gasteiger partial charge on any atom is 0.139 e. The average molecular weight is 475 g/mol. The number of ether oxygens (including phenoxy) is 1. The lowest BCUT2D eigenvalue weighted by molar-refractivity contribution is 0.100. The molecule has 4 rings (SSSR count). The molecule has 0 amide bonds. The molecule has 2 aliphatic heterocycles. The fourth-order valence-electron chi connectivity index (χ4n) is 3.82. The van der Waals surface area contributed by atoms with Gasteiger partial charge in [-0.2, -0.15) is 0 Å². The normalized spacial score (nSPS) is 18.2. The van der Waals surface area contributed by atoms with Crippen LogP contribution in [0.5, 0.6) is 0 Å². The zero-order chi connectivity index (χ0) is 19.7. The van der Waals surface area contributed by atoms with Crippen molar-refractivity contribution in [3.05, 3.63) is 40.5 Å². The predicted molar refractivity (Wildman–Crippen MR) is 129 cm³/mol. The Morgan fingerprint density at radius 1 is 1.27 bits per heavy atom. The van der Waals surface area contributed by atoms with Crippen molar-refractivity contribution >= 4 is 58.4 Å².